The van der Waals surface area contributed by atoms with Crippen LogP contribution in [0.1, 0.15) is 11.1 Å². The van der Waals surface area contributed by atoms with Crippen molar-refractivity contribution in [2.24, 2.45) is 0 Å². The van der Waals surface area contributed by atoms with Gasteiger partial charge in [-0.2, -0.15) is 0 Å². The lowest BCUT2D eigenvalue weighted by atomic mass is 10.1. The van der Waals surface area contributed by atoms with Crippen LogP contribution in [0.3, 0.4) is 0 Å². The number of anilines is 1. The minimum absolute atomic E-state index is 0.107. The highest BCUT2D eigenvalue weighted by Gasteiger charge is 2.07. The van der Waals surface area contributed by atoms with Crippen molar-refractivity contribution in [3.63, 3.8) is 0 Å². The summed E-state index contributed by atoms with van der Waals surface area (Å²) in [6.07, 6.45) is 0. The summed E-state index contributed by atoms with van der Waals surface area (Å²) >= 11 is 11.7. The van der Waals surface area contributed by atoms with Gasteiger partial charge in [-0.3, -0.25) is 4.79 Å². The van der Waals surface area contributed by atoms with Gasteiger partial charge in [-0.25, -0.2) is 0 Å². The van der Waals surface area contributed by atoms with Gasteiger partial charge in [-0.1, -0.05) is 40.9 Å². The number of ether oxygens (including phenoxy) is 1. The normalized spacial score (nSPS) is 10.3. The Labute approximate surface area is 133 Å². The van der Waals surface area contributed by atoms with Crippen molar-refractivity contribution < 1.29 is 9.53 Å². The van der Waals surface area contributed by atoms with E-state index in [1.165, 1.54) is 0 Å². The molecule has 0 saturated carbocycles. The van der Waals surface area contributed by atoms with Crippen LogP contribution >= 0.6 is 23.2 Å². The average Bonchev–Trinajstić information content (AvgIpc) is 2.39. The highest BCUT2D eigenvalue weighted by molar-refractivity contribution is 6.34. The summed E-state index contributed by atoms with van der Waals surface area (Å²) in [5.41, 5.74) is 2.93. The maximum Gasteiger partial charge on any atom is 0.262 e. The molecule has 1 N–H and O–H groups in total. The zero-order valence-electron chi connectivity index (χ0n) is 11.7. The first-order chi connectivity index (χ1) is 9.94. The first kappa shape index (κ1) is 15.7. The minimum atomic E-state index is -0.238. The molecule has 0 aliphatic carbocycles. The number of nitrogens with one attached hydrogen (secondary N) is 1. The lowest BCUT2D eigenvalue weighted by Crippen LogP contribution is -2.20. The minimum Gasteiger partial charge on any atom is -0.484 e. The Morgan fingerprint density at radius 1 is 1.10 bits per heavy atom. The van der Waals surface area contributed by atoms with Gasteiger partial charge in [0.1, 0.15) is 5.75 Å². The number of benzene rings is 2. The van der Waals surface area contributed by atoms with Crippen molar-refractivity contribution >= 4 is 34.8 Å². The summed E-state index contributed by atoms with van der Waals surface area (Å²) in [6, 6.07) is 10.6. The van der Waals surface area contributed by atoms with E-state index in [4.69, 9.17) is 27.9 Å². The van der Waals surface area contributed by atoms with Gasteiger partial charge in [0.25, 0.3) is 5.91 Å². The van der Waals surface area contributed by atoms with E-state index in [0.717, 1.165) is 16.8 Å². The summed E-state index contributed by atoms with van der Waals surface area (Å²) in [5.74, 6) is 0.223. The molecule has 0 saturated heterocycles. The molecular weight excluding hydrogens is 309 g/mol. The van der Waals surface area contributed by atoms with Crippen LogP contribution in [0.5, 0.6) is 5.75 Å². The molecule has 110 valence electrons. The lowest BCUT2D eigenvalue weighted by molar-refractivity contribution is -0.118. The standard InChI is InChI=1S/C16H15Cl2NO2/c1-10-3-4-15(11(2)5-10)19-16(20)9-21-14-7-12(17)6-13(18)8-14/h3-8H,9H2,1-2H3,(H,19,20). The summed E-state index contributed by atoms with van der Waals surface area (Å²) in [5, 5.41) is 3.74. The molecule has 0 fully saturated rings. The van der Waals surface area contributed by atoms with Gasteiger partial charge in [0.15, 0.2) is 6.61 Å². The van der Waals surface area contributed by atoms with Crippen LogP contribution in [-0.4, -0.2) is 12.5 Å². The van der Waals surface area contributed by atoms with Crippen molar-refractivity contribution in [3.8, 4) is 5.75 Å². The van der Waals surface area contributed by atoms with Crippen molar-refractivity contribution in [2.75, 3.05) is 11.9 Å². The Hall–Kier alpha value is -1.71. The zero-order valence-corrected chi connectivity index (χ0v) is 13.3. The molecule has 0 unspecified atom stereocenters. The van der Waals surface area contributed by atoms with Gasteiger partial charge >= 0.3 is 0 Å². The molecule has 1 amide bonds. The highest BCUT2D eigenvalue weighted by Crippen LogP contribution is 2.24. The smallest absolute Gasteiger partial charge is 0.262 e. The van der Waals surface area contributed by atoms with Gasteiger partial charge in [0, 0.05) is 15.7 Å². The van der Waals surface area contributed by atoms with E-state index in [2.05, 4.69) is 5.32 Å². The van der Waals surface area contributed by atoms with Crippen molar-refractivity contribution in [2.45, 2.75) is 13.8 Å². The predicted octanol–water partition coefficient (Wildman–Crippen LogP) is 4.63. The maximum absolute atomic E-state index is 11.9. The molecule has 0 aromatic heterocycles. The maximum atomic E-state index is 11.9. The first-order valence-corrected chi connectivity index (χ1v) is 7.15. The third-order valence-electron chi connectivity index (χ3n) is 2.86. The number of carbonyl (C=O) groups is 1. The fourth-order valence-electron chi connectivity index (χ4n) is 1.90. The first-order valence-electron chi connectivity index (χ1n) is 6.40. The van der Waals surface area contributed by atoms with Gasteiger partial charge in [0.05, 0.1) is 0 Å². The number of halogens is 2. The highest BCUT2D eigenvalue weighted by atomic mass is 35.5. The molecule has 2 aromatic rings. The largest absolute Gasteiger partial charge is 0.484 e. The number of amides is 1. The summed E-state index contributed by atoms with van der Waals surface area (Å²) < 4.78 is 5.38. The molecule has 0 bridgehead atoms. The number of carbonyl (C=O) groups excluding carboxylic acids is 1. The van der Waals surface area contributed by atoms with Crippen LogP contribution < -0.4 is 10.1 Å². The second-order valence-corrected chi connectivity index (χ2v) is 5.63. The van der Waals surface area contributed by atoms with E-state index < -0.39 is 0 Å². The Bertz CT molecular complexity index is 651. The van der Waals surface area contributed by atoms with Crippen LogP contribution in [0.4, 0.5) is 5.69 Å². The average molecular weight is 324 g/mol. The third-order valence-corrected chi connectivity index (χ3v) is 3.30. The predicted molar refractivity (Wildman–Crippen MR) is 86.5 cm³/mol. The molecule has 0 spiro atoms. The van der Waals surface area contributed by atoms with Crippen molar-refractivity contribution in [1.82, 2.24) is 0 Å². The van der Waals surface area contributed by atoms with Crippen LogP contribution in [0.15, 0.2) is 36.4 Å². The van der Waals surface area contributed by atoms with E-state index in [1.54, 1.807) is 18.2 Å². The fraction of sp³-hybridized carbons (Fsp3) is 0.188. The number of aryl methyl sites for hydroxylation is 2. The second kappa shape index (κ2) is 6.83. The van der Waals surface area contributed by atoms with Crippen LogP contribution in [0.2, 0.25) is 10.0 Å². The molecule has 21 heavy (non-hydrogen) atoms. The van der Waals surface area contributed by atoms with E-state index in [0.29, 0.717) is 15.8 Å². The molecular formula is C16H15Cl2NO2. The van der Waals surface area contributed by atoms with E-state index in [1.807, 2.05) is 32.0 Å². The number of hydrogen-bond acceptors (Lipinski definition) is 2. The van der Waals surface area contributed by atoms with E-state index in [9.17, 15) is 4.79 Å². The Kier molecular flexibility index (Phi) is 5.10. The molecule has 0 radical (unpaired) electrons. The molecule has 5 heteroatoms. The molecule has 2 aromatic carbocycles. The second-order valence-electron chi connectivity index (χ2n) is 4.76. The van der Waals surface area contributed by atoms with Gasteiger partial charge in [0.2, 0.25) is 0 Å². The van der Waals surface area contributed by atoms with Crippen LogP contribution in [0.25, 0.3) is 0 Å². The molecule has 2 rings (SSSR count). The molecule has 0 aliphatic rings. The van der Waals surface area contributed by atoms with E-state index >= 15 is 0 Å². The molecule has 0 aliphatic heterocycles. The summed E-state index contributed by atoms with van der Waals surface area (Å²) in [4.78, 5) is 11.9. The zero-order chi connectivity index (χ0) is 15.4. The van der Waals surface area contributed by atoms with E-state index in [-0.39, 0.29) is 12.5 Å². The van der Waals surface area contributed by atoms with Crippen LogP contribution in [-0.2, 0) is 4.79 Å². The van der Waals surface area contributed by atoms with Crippen molar-refractivity contribution in [3.05, 3.63) is 57.6 Å². The topological polar surface area (TPSA) is 38.3 Å². The third kappa shape index (κ3) is 4.66. The van der Waals surface area contributed by atoms with Crippen LogP contribution in [0, 0.1) is 13.8 Å². The summed E-state index contributed by atoms with van der Waals surface area (Å²) in [7, 11) is 0. The molecule has 0 atom stereocenters. The fourth-order valence-corrected chi connectivity index (χ4v) is 2.41. The molecule has 3 nitrogen and oxygen atoms in total. The van der Waals surface area contributed by atoms with Crippen molar-refractivity contribution in [1.29, 1.82) is 0 Å². The quantitative estimate of drug-likeness (QED) is 0.890. The van der Waals surface area contributed by atoms with Gasteiger partial charge in [-0.05, 0) is 43.7 Å². The monoisotopic (exact) mass is 323 g/mol. The number of hydrogen-bond donors (Lipinski definition) is 1. The summed E-state index contributed by atoms with van der Waals surface area (Å²) in [6.45, 7) is 3.84. The number of rotatable bonds is 4. The SMILES string of the molecule is Cc1ccc(NC(=O)COc2cc(Cl)cc(Cl)c2)c(C)c1. The molecule has 0 heterocycles. The lowest BCUT2D eigenvalue weighted by Gasteiger charge is -2.10. The Morgan fingerprint density at radius 3 is 2.38 bits per heavy atom. The van der Waals surface area contributed by atoms with Gasteiger partial charge in [-0.15, -0.1) is 0 Å². The Morgan fingerprint density at radius 2 is 1.76 bits per heavy atom. The van der Waals surface area contributed by atoms with Gasteiger partial charge < -0.3 is 10.1 Å². The Balaban J connectivity index is 1.95.